The van der Waals surface area contributed by atoms with Gasteiger partial charge in [0.05, 0.1) is 29.3 Å². The lowest BCUT2D eigenvalue weighted by molar-refractivity contribution is 1.13. The van der Waals surface area contributed by atoms with Crippen LogP contribution in [0.1, 0.15) is 6.85 Å². The second kappa shape index (κ2) is 9.58. The minimum Gasteiger partial charge on any atom is -0.291 e. The molecule has 2 aromatic heterocycles. The Morgan fingerprint density at radius 3 is 1.83 bits per heavy atom. The highest BCUT2D eigenvalue weighted by Gasteiger charge is 2.21. The van der Waals surface area contributed by atoms with Crippen LogP contribution in [0.25, 0.3) is 72.0 Å². The third kappa shape index (κ3) is 3.82. The lowest BCUT2D eigenvalue weighted by atomic mass is 9.90. The number of aromatic nitrogens is 3. The van der Waals surface area contributed by atoms with Crippen molar-refractivity contribution in [3.63, 3.8) is 0 Å². The van der Waals surface area contributed by atoms with Crippen molar-refractivity contribution in [1.82, 2.24) is 14.5 Å². The number of fused-ring (bicyclic) bond motifs is 3. The van der Waals surface area contributed by atoms with E-state index in [0.717, 1.165) is 55.1 Å². The molecule has 0 aliphatic carbocycles. The van der Waals surface area contributed by atoms with Crippen molar-refractivity contribution in [3.8, 4) is 39.5 Å². The average molecular weight is 529 g/mol. The average Bonchev–Trinajstić information content (AvgIpc) is 3.48. The van der Waals surface area contributed by atoms with E-state index < -0.39 is 18.1 Å². The van der Waals surface area contributed by atoms with Crippen LogP contribution in [0.5, 0.6) is 0 Å². The molecule has 0 bridgehead atoms. The molecule has 0 spiro atoms. The van der Waals surface area contributed by atoms with Crippen LogP contribution in [-0.4, -0.2) is 14.5 Å². The van der Waals surface area contributed by atoms with E-state index in [2.05, 4.69) is 53.5 Å². The summed E-state index contributed by atoms with van der Waals surface area (Å²) in [4.78, 5) is 9.42. The standard InChI is InChI=1S/C38H25N3/c1-2-12-28(13-3-1)38-40-34-19-8-9-20-35(34)41(38)37-31-16-6-4-14-29(31)36(30-15-5-7-17-32(30)37)27-23-21-26(22-24-27)33-18-10-11-25-39-33/h1-25H/i1D,2D,3D,12D,13D. The van der Waals surface area contributed by atoms with E-state index in [4.69, 9.17) is 11.8 Å². The molecule has 3 heteroatoms. The Labute approximate surface area is 245 Å². The first-order valence-electron chi connectivity index (χ1n) is 15.9. The van der Waals surface area contributed by atoms with Gasteiger partial charge in [0.15, 0.2) is 0 Å². The second-order valence-corrected chi connectivity index (χ2v) is 9.87. The van der Waals surface area contributed by atoms with Crippen LogP contribution in [0.4, 0.5) is 0 Å². The van der Waals surface area contributed by atoms with Crippen LogP contribution < -0.4 is 0 Å². The molecule has 0 saturated carbocycles. The van der Waals surface area contributed by atoms with Gasteiger partial charge in [0, 0.05) is 28.1 Å². The number of pyridine rings is 1. The lowest BCUT2D eigenvalue weighted by Crippen LogP contribution is -2.01. The third-order valence-corrected chi connectivity index (χ3v) is 7.55. The molecule has 3 nitrogen and oxygen atoms in total. The fraction of sp³-hybridized carbons (Fsp3) is 0. The minimum absolute atomic E-state index is 0.0598. The quantitative estimate of drug-likeness (QED) is 0.213. The fourth-order valence-electron chi connectivity index (χ4n) is 5.78. The molecule has 192 valence electrons. The smallest absolute Gasteiger partial charge is 0.145 e. The van der Waals surface area contributed by atoms with E-state index >= 15 is 0 Å². The fourth-order valence-corrected chi connectivity index (χ4v) is 5.78. The number of rotatable bonds is 4. The summed E-state index contributed by atoms with van der Waals surface area (Å²) < 4.78 is 44.6. The molecule has 0 amide bonds. The first-order chi connectivity index (χ1) is 22.4. The summed E-state index contributed by atoms with van der Waals surface area (Å²) in [5, 5.41) is 3.93. The van der Waals surface area contributed by atoms with Crippen LogP contribution in [0.2, 0.25) is 0 Å². The van der Waals surface area contributed by atoms with Crippen molar-refractivity contribution < 1.29 is 6.85 Å². The number of hydrogen-bond donors (Lipinski definition) is 0. The summed E-state index contributed by atoms with van der Waals surface area (Å²) in [6, 6.07) is 36.6. The van der Waals surface area contributed by atoms with E-state index in [1.807, 2.05) is 71.3 Å². The summed E-state index contributed by atoms with van der Waals surface area (Å²) in [5.74, 6) is 0.293. The van der Waals surface area contributed by atoms with Crippen molar-refractivity contribution in [2.75, 3.05) is 0 Å². The van der Waals surface area contributed by atoms with E-state index in [9.17, 15) is 0 Å². The molecule has 6 aromatic carbocycles. The predicted octanol–water partition coefficient (Wildman–Crippen LogP) is 9.73. The van der Waals surface area contributed by atoms with Gasteiger partial charge in [-0.15, -0.1) is 0 Å². The molecule has 0 aliphatic rings. The monoisotopic (exact) mass is 528 g/mol. The molecule has 0 atom stereocenters. The summed E-state index contributed by atoms with van der Waals surface area (Å²) in [6.07, 6.45) is 1.79. The highest BCUT2D eigenvalue weighted by Crippen LogP contribution is 2.43. The van der Waals surface area contributed by atoms with Crippen LogP contribution in [-0.2, 0) is 0 Å². The molecule has 0 radical (unpaired) electrons. The normalized spacial score (nSPS) is 13.1. The summed E-state index contributed by atoms with van der Waals surface area (Å²) in [6.45, 7) is 0. The van der Waals surface area contributed by atoms with E-state index in [0.29, 0.717) is 11.3 Å². The van der Waals surface area contributed by atoms with E-state index in [1.165, 1.54) is 0 Å². The Morgan fingerprint density at radius 2 is 1.15 bits per heavy atom. The van der Waals surface area contributed by atoms with Gasteiger partial charge >= 0.3 is 0 Å². The van der Waals surface area contributed by atoms with Gasteiger partial charge in [0.25, 0.3) is 0 Å². The van der Waals surface area contributed by atoms with Gasteiger partial charge in [0.1, 0.15) is 5.82 Å². The summed E-state index contributed by atoms with van der Waals surface area (Å²) in [5.41, 5.74) is 6.39. The van der Waals surface area contributed by atoms with Crippen LogP contribution in [0.15, 0.2) is 152 Å². The molecule has 0 aliphatic heterocycles. The van der Waals surface area contributed by atoms with E-state index in [1.54, 1.807) is 6.20 Å². The predicted molar refractivity (Wildman–Crippen MR) is 170 cm³/mol. The maximum Gasteiger partial charge on any atom is 0.145 e. The van der Waals surface area contributed by atoms with Gasteiger partial charge in [-0.1, -0.05) is 121 Å². The first-order valence-corrected chi connectivity index (χ1v) is 13.4. The molecular formula is C38H25N3. The van der Waals surface area contributed by atoms with Crippen molar-refractivity contribution in [2.45, 2.75) is 0 Å². The third-order valence-electron chi connectivity index (χ3n) is 7.55. The van der Waals surface area contributed by atoms with Gasteiger partial charge < -0.3 is 0 Å². The first kappa shape index (κ1) is 18.7. The number of benzene rings is 6. The molecule has 0 saturated heterocycles. The Balaban J connectivity index is 1.48. The zero-order chi connectivity index (χ0) is 31.5. The Kier molecular flexibility index (Phi) is 4.37. The SMILES string of the molecule is [2H]c1c([2H])c([2H])c(-c2nc3ccccc3n2-c2c3ccccc3c(-c3ccc(-c4ccccn4)cc3)c3ccccc23)c([2H])c1[2H]. The second-order valence-electron chi connectivity index (χ2n) is 9.87. The minimum atomic E-state index is -0.435. The maximum absolute atomic E-state index is 8.83. The summed E-state index contributed by atoms with van der Waals surface area (Å²) >= 11 is 0. The molecule has 0 N–H and O–H groups in total. The largest absolute Gasteiger partial charge is 0.291 e. The van der Waals surface area contributed by atoms with Gasteiger partial charge in [-0.25, -0.2) is 4.98 Å². The summed E-state index contributed by atoms with van der Waals surface area (Å²) in [7, 11) is 0. The lowest BCUT2D eigenvalue weighted by Gasteiger charge is -2.20. The van der Waals surface area contributed by atoms with Crippen LogP contribution in [0, 0.1) is 0 Å². The zero-order valence-electron chi connectivity index (χ0n) is 26.9. The topological polar surface area (TPSA) is 30.7 Å². The molecule has 0 unspecified atom stereocenters. The number of hydrogen-bond acceptors (Lipinski definition) is 2. The number of nitrogens with zero attached hydrogens (tertiary/aromatic N) is 3. The van der Waals surface area contributed by atoms with Crippen molar-refractivity contribution in [3.05, 3.63) is 152 Å². The molecule has 2 heterocycles. The van der Waals surface area contributed by atoms with Crippen LogP contribution >= 0.6 is 0 Å². The van der Waals surface area contributed by atoms with Gasteiger partial charge in [-0.2, -0.15) is 0 Å². The van der Waals surface area contributed by atoms with Crippen LogP contribution in [0.3, 0.4) is 0 Å². The Bertz CT molecular complexity index is 2390. The molecular weight excluding hydrogens is 498 g/mol. The molecule has 0 fully saturated rings. The van der Waals surface area contributed by atoms with Gasteiger partial charge in [0.2, 0.25) is 0 Å². The zero-order valence-corrected chi connectivity index (χ0v) is 21.9. The van der Waals surface area contributed by atoms with Crippen molar-refractivity contribution in [1.29, 1.82) is 0 Å². The molecule has 41 heavy (non-hydrogen) atoms. The molecule has 8 rings (SSSR count). The van der Waals surface area contributed by atoms with Crippen molar-refractivity contribution >= 4 is 32.6 Å². The van der Waals surface area contributed by atoms with Gasteiger partial charge in [-0.3, -0.25) is 9.55 Å². The Morgan fingerprint density at radius 1 is 0.537 bits per heavy atom. The maximum atomic E-state index is 8.83. The molecule has 8 aromatic rings. The number of para-hydroxylation sites is 2. The van der Waals surface area contributed by atoms with Crippen molar-refractivity contribution in [2.24, 2.45) is 0 Å². The van der Waals surface area contributed by atoms with E-state index in [-0.39, 0.29) is 17.6 Å². The Hall–Kier alpha value is -5.54. The number of imidazole rings is 1. The highest BCUT2D eigenvalue weighted by molar-refractivity contribution is 6.19. The highest BCUT2D eigenvalue weighted by atomic mass is 15.1. The van der Waals surface area contributed by atoms with Gasteiger partial charge in [-0.05, 0) is 46.2 Å².